The first-order valence-corrected chi connectivity index (χ1v) is 7.29. The third-order valence-electron chi connectivity index (χ3n) is 3.71. The van der Waals surface area contributed by atoms with Crippen LogP contribution in [0.15, 0.2) is 6.07 Å². The number of nitrogens with zero attached hydrogens (tertiary/aromatic N) is 2. The molecule has 1 aromatic rings. The standard InChI is InChI=1S/C15H24N4O/c1-3-20-9-8-19(2)15-12(14(16)17)10-11-6-4-5-7-13(11)18-15/h10H,3-9H2,1-2H3,(H3,16,17). The second-order valence-electron chi connectivity index (χ2n) is 5.20. The van der Waals surface area contributed by atoms with E-state index in [1.54, 1.807) is 0 Å². The molecule has 0 amide bonds. The van der Waals surface area contributed by atoms with Crippen LogP contribution in [0.2, 0.25) is 0 Å². The van der Waals surface area contributed by atoms with Gasteiger partial charge in [0.15, 0.2) is 0 Å². The van der Waals surface area contributed by atoms with Crippen LogP contribution in [0.3, 0.4) is 0 Å². The molecule has 0 atom stereocenters. The maximum absolute atomic E-state index is 7.78. The van der Waals surface area contributed by atoms with Gasteiger partial charge in [-0.05, 0) is 44.2 Å². The minimum absolute atomic E-state index is 0.0872. The number of anilines is 1. The average molecular weight is 276 g/mol. The van der Waals surface area contributed by atoms with Gasteiger partial charge in [0, 0.05) is 25.9 Å². The van der Waals surface area contributed by atoms with Crippen molar-refractivity contribution in [2.24, 2.45) is 5.73 Å². The highest BCUT2D eigenvalue weighted by molar-refractivity contribution is 5.99. The van der Waals surface area contributed by atoms with Crippen LogP contribution in [0.1, 0.15) is 36.6 Å². The van der Waals surface area contributed by atoms with Crippen molar-refractivity contribution in [3.8, 4) is 0 Å². The molecule has 5 nitrogen and oxygen atoms in total. The van der Waals surface area contributed by atoms with Crippen LogP contribution >= 0.6 is 0 Å². The smallest absolute Gasteiger partial charge is 0.139 e. The maximum Gasteiger partial charge on any atom is 0.139 e. The number of aromatic nitrogens is 1. The van der Waals surface area contributed by atoms with E-state index < -0.39 is 0 Å². The lowest BCUT2D eigenvalue weighted by Gasteiger charge is -2.24. The number of nitrogens with one attached hydrogen (secondary N) is 1. The minimum Gasteiger partial charge on any atom is -0.384 e. The molecule has 2 rings (SSSR count). The Morgan fingerprint density at radius 3 is 2.90 bits per heavy atom. The third-order valence-corrected chi connectivity index (χ3v) is 3.71. The van der Waals surface area contributed by atoms with Crippen molar-refractivity contribution in [2.75, 3.05) is 31.7 Å². The number of hydrogen-bond acceptors (Lipinski definition) is 4. The summed E-state index contributed by atoms with van der Waals surface area (Å²) in [6, 6.07) is 2.05. The summed E-state index contributed by atoms with van der Waals surface area (Å²) < 4.78 is 5.38. The zero-order chi connectivity index (χ0) is 14.5. The fourth-order valence-electron chi connectivity index (χ4n) is 2.56. The third kappa shape index (κ3) is 3.28. The molecular formula is C15H24N4O. The van der Waals surface area contributed by atoms with Gasteiger partial charge in [-0.1, -0.05) is 0 Å². The average Bonchev–Trinajstić information content (AvgIpc) is 2.46. The lowest BCUT2D eigenvalue weighted by atomic mass is 9.94. The first-order chi connectivity index (χ1) is 9.63. The number of rotatable bonds is 6. The van der Waals surface area contributed by atoms with E-state index in [2.05, 4.69) is 6.07 Å². The van der Waals surface area contributed by atoms with E-state index in [0.29, 0.717) is 13.2 Å². The van der Waals surface area contributed by atoms with E-state index in [0.717, 1.165) is 30.8 Å². The molecule has 0 spiro atoms. The van der Waals surface area contributed by atoms with Gasteiger partial charge in [-0.25, -0.2) is 4.98 Å². The molecular weight excluding hydrogens is 252 g/mol. The summed E-state index contributed by atoms with van der Waals surface area (Å²) in [5, 5.41) is 7.78. The summed E-state index contributed by atoms with van der Waals surface area (Å²) in [6.07, 6.45) is 4.47. The van der Waals surface area contributed by atoms with Crippen molar-refractivity contribution in [3.63, 3.8) is 0 Å². The summed E-state index contributed by atoms with van der Waals surface area (Å²) in [5.74, 6) is 0.891. The van der Waals surface area contributed by atoms with E-state index in [1.165, 1.54) is 24.1 Å². The first kappa shape index (κ1) is 14.8. The number of aryl methyl sites for hydroxylation is 2. The van der Waals surface area contributed by atoms with E-state index in [9.17, 15) is 0 Å². The van der Waals surface area contributed by atoms with Gasteiger partial charge >= 0.3 is 0 Å². The Kier molecular flexibility index (Phi) is 4.95. The molecule has 0 saturated heterocycles. The Morgan fingerprint density at radius 2 is 2.20 bits per heavy atom. The number of amidine groups is 1. The lowest BCUT2D eigenvalue weighted by Crippen LogP contribution is -2.28. The van der Waals surface area contributed by atoms with Crippen LogP contribution in [-0.2, 0) is 17.6 Å². The van der Waals surface area contributed by atoms with Crippen molar-refractivity contribution in [1.82, 2.24) is 4.98 Å². The molecule has 0 aliphatic heterocycles. The summed E-state index contributed by atoms with van der Waals surface area (Å²) in [7, 11) is 1.98. The highest BCUT2D eigenvalue weighted by Gasteiger charge is 2.18. The van der Waals surface area contributed by atoms with Crippen molar-refractivity contribution in [1.29, 1.82) is 5.41 Å². The number of likely N-dealkylation sites (N-methyl/N-ethyl adjacent to an activating group) is 1. The van der Waals surface area contributed by atoms with Crippen LogP contribution < -0.4 is 10.6 Å². The normalized spacial score (nSPS) is 13.9. The molecule has 1 aliphatic carbocycles. The fraction of sp³-hybridized carbons (Fsp3) is 0.600. The van der Waals surface area contributed by atoms with E-state index in [1.807, 2.05) is 18.9 Å². The SMILES string of the molecule is CCOCCN(C)c1nc2c(cc1C(=N)N)CCCC2. The molecule has 0 unspecified atom stereocenters. The van der Waals surface area contributed by atoms with Crippen LogP contribution in [0, 0.1) is 5.41 Å². The van der Waals surface area contributed by atoms with Gasteiger partial charge in [-0.2, -0.15) is 0 Å². The Hall–Kier alpha value is -1.62. The van der Waals surface area contributed by atoms with Gasteiger partial charge in [0.05, 0.1) is 12.2 Å². The predicted molar refractivity (Wildman–Crippen MR) is 81.7 cm³/mol. The molecule has 0 bridgehead atoms. The Labute approximate surface area is 120 Å². The second kappa shape index (κ2) is 6.70. The van der Waals surface area contributed by atoms with Gasteiger partial charge in [0.2, 0.25) is 0 Å². The molecule has 1 aliphatic rings. The summed E-state index contributed by atoms with van der Waals surface area (Å²) in [4.78, 5) is 6.79. The zero-order valence-electron chi connectivity index (χ0n) is 12.4. The van der Waals surface area contributed by atoms with Gasteiger partial charge in [0.25, 0.3) is 0 Å². The Bertz CT molecular complexity index is 487. The van der Waals surface area contributed by atoms with Crippen molar-refractivity contribution >= 4 is 11.7 Å². The predicted octanol–water partition coefficient (Wildman–Crippen LogP) is 1.72. The van der Waals surface area contributed by atoms with Gasteiger partial charge in [-0.3, -0.25) is 5.41 Å². The van der Waals surface area contributed by atoms with Crippen LogP contribution in [0.5, 0.6) is 0 Å². The number of fused-ring (bicyclic) bond motifs is 1. The molecule has 1 heterocycles. The van der Waals surface area contributed by atoms with Gasteiger partial charge < -0.3 is 15.4 Å². The Morgan fingerprint density at radius 1 is 1.45 bits per heavy atom. The minimum atomic E-state index is 0.0872. The summed E-state index contributed by atoms with van der Waals surface area (Å²) in [5.41, 5.74) is 8.89. The number of hydrogen-bond donors (Lipinski definition) is 2. The number of nitrogens with two attached hydrogens (primary N) is 1. The van der Waals surface area contributed by atoms with Crippen molar-refractivity contribution < 1.29 is 4.74 Å². The fourth-order valence-corrected chi connectivity index (χ4v) is 2.56. The molecule has 1 aromatic heterocycles. The van der Waals surface area contributed by atoms with Crippen molar-refractivity contribution in [2.45, 2.75) is 32.6 Å². The number of ether oxygens (including phenoxy) is 1. The molecule has 0 aromatic carbocycles. The molecule has 0 radical (unpaired) electrons. The highest BCUT2D eigenvalue weighted by atomic mass is 16.5. The molecule has 0 fully saturated rings. The quantitative estimate of drug-likeness (QED) is 0.471. The lowest BCUT2D eigenvalue weighted by molar-refractivity contribution is 0.154. The Balaban J connectivity index is 2.27. The molecule has 20 heavy (non-hydrogen) atoms. The monoisotopic (exact) mass is 276 g/mol. The van der Waals surface area contributed by atoms with E-state index >= 15 is 0 Å². The molecule has 110 valence electrons. The first-order valence-electron chi connectivity index (χ1n) is 7.29. The summed E-state index contributed by atoms with van der Waals surface area (Å²) >= 11 is 0. The molecule has 0 saturated carbocycles. The van der Waals surface area contributed by atoms with Gasteiger partial charge in [-0.15, -0.1) is 0 Å². The molecule has 3 N–H and O–H groups in total. The largest absolute Gasteiger partial charge is 0.384 e. The van der Waals surface area contributed by atoms with E-state index in [-0.39, 0.29) is 5.84 Å². The van der Waals surface area contributed by atoms with Crippen molar-refractivity contribution in [3.05, 3.63) is 22.9 Å². The van der Waals surface area contributed by atoms with E-state index in [4.69, 9.17) is 20.9 Å². The topological polar surface area (TPSA) is 75.2 Å². The van der Waals surface area contributed by atoms with Crippen LogP contribution in [-0.4, -0.2) is 37.6 Å². The van der Waals surface area contributed by atoms with Crippen LogP contribution in [0.4, 0.5) is 5.82 Å². The number of nitrogen functional groups attached to an aromatic ring is 1. The second-order valence-corrected chi connectivity index (χ2v) is 5.20. The molecule has 5 heteroatoms. The zero-order valence-corrected chi connectivity index (χ0v) is 12.4. The maximum atomic E-state index is 7.78. The van der Waals surface area contributed by atoms with Gasteiger partial charge in [0.1, 0.15) is 11.7 Å². The number of pyridine rings is 1. The summed E-state index contributed by atoms with van der Waals surface area (Å²) in [6.45, 7) is 4.10. The highest BCUT2D eigenvalue weighted by Crippen LogP contribution is 2.26. The van der Waals surface area contributed by atoms with Crippen LogP contribution in [0.25, 0.3) is 0 Å².